The van der Waals surface area contributed by atoms with Gasteiger partial charge in [-0.2, -0.15) is 4.98 Å². The summed E-state index contributed by atoms with van der Waals surface area (Å²) in [7, 11) is 0. The lowest BCUT2D eigenvalue weighted by atomic mass is 10.0. The van der Waals surface area contributed by atoms with Crippen molar-refractivity contribution in [3.8, 4) is 0 Å². The largest absolute Gasteiger partial charge is 0.339 e. The Morgan fingerprint density at radius 3 is 2.50 bits per heavy atom. The van der Waals surface area contributed by atoms with Crippen molar-refractivity contribution in [2.24, 2.45) is 5.73 Å². The molecule has 0 amide bonds. The first-order valence-corrected chi connectivity index (χ1v) is 5.26. The SMILES string of the molecule is CCC(CC)c1nc(C(C)CN)no1. The van der Waals surface area contributed by atoms with E-state index in [-0.39, 0.29) is 5.92 Å². The third kappa shape index (κ3) is 2.32. The van der Waals surface area contributed by atoms with Crippen molar-refractivity contribution >= 4 is 0 Å². The topological polar surface area (TPSA) is 64.9 Å². The highest BCUT2D eigenvalue weighted by Crippen LogP contribution is 2.22. The van der Waals surface area contributed by atoms with Gasteiger partial charge in [-0.25, -0.2) is 0 Å². The van der Waals surface area contributed by atoms with Crippen LogP contribution in [0.2, 0.25) is 0 Å². The molecule has 0 aliphatic rings. The number of hydrogen-bond acceptors (Lipinski definition) is 4. The van der Waals surface area contributed by atoms with Crippen LogP contribution in [0.25, 0.3) is 0 Å². The predicted octanol–water partition coefficient (Wildman–Crippen LogP) is 2.04. The molecule has 0 radical (unpaired) electrons. The van der Waals surface area contributed by atoms with Crippen molar-refractivity contribution in [3.05, 3.63) is 11.7 Å². The summed E-state index contributed by atoms with van der Waals surface area (Å²) in [5.41, 5.74) is 5.53. The predicted molar refractivity (Wildman–Crippen MR) is 55.1 cm³/mol. The standard InChI is InChI=1S/C10H19N3O/c1-4-8(5-2)10-12-9(13-14-10)7(3)6-11/h7-8H,4-6,11H2,1-3H3. The summed E-state index contributed by atoms with van der Waals surface area (Å²) in [5, 5.41) is 3.94. The smallest absolute Gasteiger partial charge is 0.229 e. The van der Waals surface area contributed by atoms with Gasteiger partial charge in [0.25, 0.3) is 0 Å². The van der Waals surface area contributed by atoms with Crippen LogP contribution in [0, 0.1) is 0 Å². The minimum absolute atomic E-state index is 0.182. The van der Waals surface area contributed by atoms with Crippen molar-refractivity contribution < 1.29 is 4.52 Å². The first-order valence-electron chi connectivity index (χ1n) is 5.26. The molecule has 0 saturated heterocycles. The van der Waals surface area contributed by atoms with E-state index in [2.05, 4.69) is 24.0 Å². The maximum atomic E-state index is 5.53. The van der Waals surface area contributed by atoms with Crippen LogP contribution < -0.4 is 5.73 Å². The van der Waals surface area contributed by atoms with Gasteiger partial charge in [-0.05, 0) is 12.8 Å². The van der Waals surface area contributed by atoms with Crippen LogP contribution in [0.15, 0.2) is 4.52 Å². The van der Waals surface area contributed by atoms with E-state index in [0.29, 0.717) is 12.5 Å². The molecule has 1 rings (SSSR count). The second kappa shape index (κ2) is 5.10. The molecule has 0 saturated carbocycles. The molecule has 1 aromatic rings. The number of aromatic nitrogens is 2. The van der Waals surface area contributed by atoms with Crippen molar-refractivity contribution in [2.75, 3.05) is 6.54 Å². The van der Waals surface area contributed by atoms with E-state index in [9.17, 15) is 0 Å². The van der Waals surface area contributed by atoms with E-state index in [1.165, 1.54) is 0 Å². The fourth-order valence-electron chi connectivity index (χ4n) is 1.36. The Labute approximate surface area is 84.9 Å². The lowest BCUT2D eigenvalue weighted by Crippen LogP contribution is -2.10. The van der Waals surface area contributed by atoms with E-state index in [4.69, 9.17) is 10.3 Å². The Hall–Kier alpha value is -0.900. The zero-order valence-electron chi connectivity index (χ0n) is 9.16. The molecular formula is C10H19N3O. The van der Waals surface area contributed by atoms with Gasteiger partial charge in [-0.3, -0.25) is 0 Å². The van der Waals surface area contributed by atoms with Crippen LogP contribution in [0.5, 0.6) is 0 Å². The maximum absolute atomic E-state index is 5.53. The summed E-state index contributed by atoms with van der Waals surface area (Å²) in [6.45, 7) is 6.82. The minimum Gasteiger partial charge on any atom is -0.339 e. The zero-order chi connectivity index (χ0) is 10.6. The van der Waals surface area contributed by atoms with Crippen LogP contribution in [-0.2, 0) is 0 Å². The summed E-state index contributed by atoms with van der Waals surface area (Å²) in [6, 6.07) is 0. The molecule has 4 nitrogen and oxygen atoms in total. The van der Waals surface area contributed by atoms with Gasteiger partial charge in [0.05, 0.1) is 0 Å². The van der Waals surface area contributed by atoms with Crippen molar-refractivity contribution in [3.63, 3.8) is 0 Å². The molecule has 80 valence electrons. The van der Waals surface area contributed by atoms with Crippen LogP contribution in [0.3, 0.4) is 0 Å². The van der Waals surface area contributed by atoms with Crippen LogP contribution in [0.1, 0.15) is 57.2 Å². The Balaban J connectivity index is 2.76. The summed E-state index contributed by atoms with van der Waals surface area (Å²) >= 11 is 0. The van der Waals surface area contributed by atoms with Gasteiger partial charge in [0.1, 0.15) is 0 Å². The normalized spacial score (nSPS) is 13.5. The lowest BCUT2D eigenvalue weighted by molar-refractivity contribution is 0.341. The molecule has 1 unspecified atom stereocenters. The van der Waals surface area contributed by atoms with E-state index in [0.717, 1.165) is 24.6 Å². The van der Waals surface area contributed by atoms with Gasteiger partial charge in [-0.1, -0.05) is 25.9 Å². The van der Waals surface area contributed by atoms with Gasteiger partial charge in [0, 0.05) is 18.4 Å². The third-order valence-electron chi connectivity index (χ3n) is 2.59. The second-order valence-corrected chi connectivity index (χ2v) is 3.64. The Morgan fingerprint density at radius 1 is 1.36 bits per heavy atom. The molecule has 1 heterocycles. The number of nitrogens with two attached hydrogens (primary N) is 1. The van der Waals surface area contributed by atoms with E-state index < -0.39 is 0 Å². The third-order valence-corrected chi connectivity index (χ3v) is 2.59. The van der Waals surface area contributed by atoms with Gasteiger partial charge in [-0.15, -0.1) is 0 Å². The Kier molecular flexibility index (Phi) is 4.07. The fourth-order valence-corrected chi connectivity index (χ4v) is 1.36. The van der Waals surface area contributed by atoms with Gasteiger partial charge >= 0.3 is 0 Å². The van der Waals surface area contributed by atoms with Crippen molar-refractivity contribution in [1.82, 2.24) is 10.1 Å². The Morgan fingerprint density at radius 2 is 2.00 bits per heavy atom. The van der Waals surface area contributed by atoms with E-state index in [1.54, 1.807) is 0 Å². The molecular weight excluding hydrogens is 178 g/mol. The average Bonchev–Trinajstić information content (AvgIpc) is 2.68. The fraction of sp³-hybridized carbons (Fsp3) is 0.800. The number of nitrogens with zero attached hydrogens (tertiary/aromatic N) is 2. The number of hydrogen-bond donors (Lipinski definition) is 1. The molecule has 0 aromatic carbocycles. The molecule has 2 N–H and O–H groups in total. The van der Waals surface area contributed by atoms with Crippen molar-refractivity contribution in [2.45, 2.75) is 45.4 Å². The minimum atomic E-state index is 0.182. The van der Waals surface area contributed by atoms with Crippen LogP contribution in [0.4, 0.5) is 0 Å². The average molecular weight is 197 g/mol. The summed E-state index contributed by atoms with van der Waals surface area (Å²) in [6.07, 6.45) is 2.07. The first-order chi connectivity index (χ1) is 6.72. The lowest BCUT2D eigenvalue weighted by Gasteiger charge is -2.04. The highest BCUT2D eigenvalue weighted by atomic mass is 16.5. The molecule has 0 fully saturated rings. The van der Waals surface area contributed by atoms with Gasteiger partial charge in [0.15, 0.2) is 5.82 Å². The molecule has 14 heavy (non-hydrogen) atoms. The number of rotatable bonds is 5. The highest BCUT2D eigenvalue weighted by molar-refractivity contribution is 4.97. The quantitative estimate of drug-likeness (QED) is 0.784. The summed E-state index contributed by atoms with van der Waals surface area (Å²) in [5.74, 6) is 2.06. The highest BCUT2D eigenvalue weighted by Gasteiger charge is 2.17. The van der Waals surface area contributed by atoms with Crippen LogP contribution in [-0.4, -0.2) is 16.7 Å². The Bertz CT molecular complexity index is 268. The molecule has 0 bridgehead atoms. The zero-order valence-corrected chi connectivity index (χ0v) is 9.16. The second-order valence-electron chi connectivity index (χ2n) is 3.64. The molecule has 4 heteroatoms. The molecule has 1 aromatic heterocycles. The molecule has 0 spiro atoms. The van der Waals surface area contributed by atoms with Crippen molar-refractivity contribution in [1.29, 1.82) is 0 Å². The summed E-state index contributed by atoms with van der Waals surface area (Å²) < 4.78 is 5.21. The van der Waals surface area contributed by atoms with E-state index in [1.807, 2.05) is 6.92 Å². The molecule has 0 aliphatic carbocycles. The van der Waals surface area contributed by atoms with Crippen LogP contribution >= 0.6 is 0 Å². The van der Waals surface area contributed by atoms with E-state index >= 15 is 0 Å². The maximum Gasteiger partial charge on any atom is 0.229 e. The summed E-state index contributed by atoms with van der Waals surface area (Å²) in [4.78, 5) is 4.37. The molecule has 0 aliphatic heterocycles. The monoisotopic (exact) mass is 197 g/mol. The van der Waals surface area contributed by atoms with Gasteiger partial charge < -0.3 is 10.3 Å². The molecule has 1 atom stereocenters. The first kappa shape index (κ1) is 11.2. The van der Waals surface area contributed by atoms with Gasteiger partial charge in [0.2, 0.25) is 5.89 Å².